The third-order valence-electron chi connectivity index (χ3n) is 3.73. The molecule has 1 aromatic heterocycles. The minimum absolute atomic E-state index is 0.0851. The molecule has 1 fully saturated rings. The lowest BCUT2D eigenvalue weighted by atomic mass is 10.1. The quantitative estimate of drug-likeness (QED) is 0.835. The Morgan fingerprint density at radius 3 is 2.84 bits per heavy atom. The number of halogens is 1. The molecule has 25 heavy (non-hydrogen) atoms. The molecule has 2 N–H and O–H groups in total. The van der Waals surface area contributed by atoms with E-state index in [1.165, 1.54) is 0 Å². The highest BCUT2D eigenvalue weighted by atomic mass is 35.5. The standard InChI is InChI=1S/C17H20ClN3O3S/c1-11-16(12-2-4-13(18)5-3-12)21-15(25-11)9-20-17(22)19-8-14-10-23-6-7-24-14/h2-5,14H,6-10H2,1H3,(H2,19,20,22)/t14-/m0/s1. The van der Waals surface area contributed by atoms with E-state index < -0.39 is 0 Å². The highest BCUT2D eigenvalue weighted by molar-refractivity contribution is 7.12. The molecule has 0 radical (unpaired) electrons. The normalized spacial score (nSPS) is 17.3. The number of aromatic nitrogens is 1. The summed E-state index contributed by atoms with van der Waals surface area (Å²) in [7, 11) is 0. The molecule has 0 saturated carbocycles. The minimum atomic E-state index is -0.241. The van der Waals surface area contributed by atoms with Crippen LogP contribution in [0.5, 0.6) is 0 Å². The predicted molar refractivity (Wildman–Crippen MR) is 98.1 cm³/mol. The third kappa shape index (κ3) is 5.15. The van der Waals surface area contributed by atoms with Gasteiger partial charge in [0.05, 0.1) is 38.2 Å². The van der Waals surface area contributed by atoms with Crippen LogP contribution in [0.15, 0.2) is 24.3 Å². The Kier molecular flexibility index (Phi) is 6.25. The van der Waals surface area contributed by atoms with E-state index in [0.29, 0.717) is 37.9 Å². The Bertz CT molecular complexity index is 714. The van der Waals surface area contributed by atoms with Crippen LogP contribution in [0, 0.1) is 6.92 Å². The van der Waals surface area contributed by atoms with Gasteiger partial charge in [0.2, 0.25) is 0 Å². The number of aryl methyl sites for hydroxylation is 1. The summed E-state index contributed by atoms with van der Waals surface area (Å²) in [4.78, 5) is 17.6. The summed E-state index contributed by atoms with van der Waals surface area (Å²) in [6.45, 7) is 4.52. The van der Waals surface area contributed by atoms with Crippen LogP contribution in [-0.2, 0) is 16.0 Å². The van der Waals surface area contributed by atoms with E-state index in [2.05, 4.69) is 15.6 Å². The molecule has 2 amide bonds. The van der Waals surface area contributed by atoms with Crippen LogP contribution in [0.1, 0.15) is 9.88 Å². The van der Waals surface area contributed by atoms with Crippen molar-refractivity contribution in [2.45, 2.75) is 19.6 Å². The summed E-state index contributed by atoms with van der Waals surface area (Å²) >= 11 is 7.50. The van der Waals surface area contributed by atoms with Gasteiger partial charge in [-0.25, -0.2) is 9.78 Å². The van der Waals surface area contributed by atoms with E-state index in [0.717, 1.165) is 21.1 Å². The van der Waals surface area contributed by atoms with Gasteiger partial charge in [0.1, 0.15) is 5.01 Å². The summed E-state index contributed by atoms with van der Waals surface area (Å²) < 4.78 is 10.8. The van der Waals surface area contributed by atoms with Crippen molar-refractivity contribution in [3.8, 4) is 11.3 Å². The van der Waals surface area contributed by atoms with Gasteiger partial charge >= 0.3 is 6.03 Å². The van der Waals surface area contributed by atoms with Crippen LogP contribution in [0.3, 0.4) is 0 Å². The molecule has 1 atom stereocenters. The Morgan fingerprint density at radius 1 is 1.32 bits per heavy atom. The average molecular weight is 382 g/mol. The molecule has 2 heterocycles. The number of urea groups is 1. The molecule has 1 aliphatic heterocycles. The first-order chi connectivity index (χ1) is 12.1. The van der Waals surface area contributed by atoms with E-state index in [1.807, 2.05) is 31.2 Å². The molecule has 1 saturated heterocycles. The number of amides is 2. The molecule has 2 aromatic rings. The van der Waals surface area contributed by atoms with Crippen LogP contribution in [0.25, 0.3) is 11.3 Å². The summed E-state index contributed by atoms with van der Waals surface area (Å²) in [6.07, 6.45) is -0.0851. The Morgan fingerprint density at radius 2 is 2.12 bits per heavy atom. The maximum absolute atomic E-state index is 11.9. The SMILES string of the molecule is Cc1sc(CNC(=O)NC[C@H]2COCCO2)nc1-c1ccc(Cl)cc1. The first-order valence-electron chi connectivity index (χ1n) is 8.05. The summed E-state index contributed by atoms with van der Waals surface area (Å²) in [5, 5.41) is 7.16. The predicted octanol–water partition coefficient (Wildman–Crippen LogP) is 2.99. The first kappa shape index (κ1) is 18.1. The summed E-state index contributed by atoms with van der Waals surface area (Å²) in [6, 6.07) is 7.34. The van der Waals surface area contributed by atoms with Crippen LogP contribution < -0.4 is 10.6 Å². The van der Waals surface area contributed by atoms with Gasteiger partial charge in [0.15, 0.2) is 0 Å². The largest absolute Gasteiger partial charge is 0.376 e. The second kappa shape index (κ2) is 8.62. The van der Waals surface area contributed by atoms with E-state index in [-0.39, 0.29) is 12.1 Å². The van der Waals surface area contributed by atoms with Gasteiger partial charge in [-0.2, -0.15) is 0 Å². The molecule has 0 unspecified atom stereocenters. The van der Waals surface area contributed by atoms with Crippen molar-refractivity contribution in [2.24, 2.45) is 0 Å². The molecular weight excluding hydrogens is 362 g/mol. The Labute approximate surface area is 155 Å². The number of hydrogen-bond acceptors (Lipinski definition) is 5. The van der Waals surface area contributed by atoms with E-state index >= 15 is 0 Å². The zero-order valence-corrected chi connectivity index (χ0v) is 15.5. The molecule has 1 aliphatic rings. The molecule has 8 heteroatoms. The van der Waals surface area contributed by atoms with Gasteiger partial charge in [-0.15, -0.1) is 11.3 Å². The fourth-order valence-corrected chi connectivity index (χ4v) is 3.50. The molecule has 134 valence electrons. The third-order valence-corrected chi connectivity index (χ3v) is 4.96. The number of nitrogens with one attached hydrogen (secondary N) is 2. The number of thiazole rings is 1. The average Bonchev–Trinajstić information content (AvgIpc) is 3.00. The van der Waals surface area contributed by atoms with Crippen molar-refractivity contribution in [2.75, 3.05) is 26.4 Å². The monoisotopic (exact) mass is 381 g/mol. The molecule has 3 rings (SSSR count). The molecule has 0 aliphatic carbocycles. The van der Waals surface area contributed by atoms with E-state index in [9.17, 15) is 4.79 Å². The summed E-state index contributed by atoms with van der Waals surface area (Å²) in [5.74, 6) is 0. The molecule has 0 bridgehead atoms. The fourth-order valence-electron chi connectivity index (χ4n) is 2.48. The van der Waals surface area contributed by atoms with Crippen LogP contribution in [0.2, 0.25) is 5.02 Å². The maximum atomic E-state index is 11.9. The number of carbonyl (C=O) groups is 1. The van der Waals surface area contributed by atoms with Crippen LogP contribution in [-0.4, -0.2) is 43.5 Å². The lowest BCUT2D eigenvalue weighted by molar-refractivity contribution is -0.0853. The van der Waals surface area contributed by atoms with Gasteiger partial charge in [0, 0.05) is 22.0 Å². The van der Waals surface area contributed by atoms with Gasteiger partial charge < -0.3 is 20.1 Å². The highest BCUT2D eigenvalue weighted by Gasteiger charge is 2.15. The fraction of sp³-hybridized carbons (Fsp3) is 0.412. The second-order valence-corrected chi connectivity index (χ2v) is 7.37. The molecule has 0 spiro atoms. The number of benzene rings is 1. The summed E-state index contributed by atoms with van der Waals surface area (Å²) in [5.41, 5.74) is 1.94. The molecule has 6 nitrogen and oxygen atoms in total. The minimum Gasteiger partial charge on any atom is -0.376 e. The van der Waals surface area contributed by atoms with Crippen molar-refractivity contribution >= 4 is 29.0 Å². The number of nitrogens with zero attached hydrogens (tertiary/aromatic N) is 1. The molecular formula is C17H20ClN3O3S. The van der Waals surface area contributed by atoms with Gasteiger partial charge in [0.25, 0.3) is 0 Å². The number of rotatable bonds is 5. The van der Waals surface area contributed by atoms with Crippen molar-refractivity contribution in [3.05, 3.63) is 39.2 Å². The van der Waals surface area contributed by atoms with Crippen molar-refractivity contribution < 1.29 is 14.3 Å². The van der Waals surface area contributed by atoms with Gasteiger partial charge in [-0.05, 0) is 19.1 Å². The topological polar surface area (TPSA) is 72.5 Å². The van der Waals surface area contributed by atoms with Crippen LogP contribution >= 0.6 is 22.9 Å². The van der Waals surface area contributed by atoms with Crippen LogP contribution in [0.4, 0.5) is 4.79 Å². The lowest BCUT2D eigenvalue weighted by Gasteiger charge is -2.23. The van der Waals surface area contributed by atoms with E-state index in [1.54, 1.807) is 11.3 Å². The zero-order valence-electron chi connectivity index (χ0n) is 13.9. The van der Waals surface area contributed by atoms with E-state index in [4.69, 9.17) is 21.1 Å². The number of ether oxygens (including phenoxy) is 2. The number of carbonyl (C=O) groups excluding carboxylic acids is 1. The second-order valence-electron chi connectivity index (χ2n) is 5.65. The highest BCUT2D eigenvalue weighted by Crippen LogP contribution is 2.28. The Hall–Kier alpha value is -1.67. The number of hydrogen-bond donors (Lipinski definition) is 2. The smallest absolute Gasteiger partial charge is 0.315 e. The Balaban J connectivity index is 1.50. The van der Waals surface area contributed by atoms with Crippen molar-refractivity contribution in [3.63, 3.8) is 0 Å². The van der Waals surface area contributed by atoms with Crippen molar-refractivity contribution in [1.29, 1.82) is 0 Å². The van der Waals surface area contributed by atoms with Gasteiger partial charge in [-0.1, -0.05) is 23.7 Å². The van der Waals surface area contributed by atoms with Gasteiger partial charge in [-0.3, -0.25) is 0 Å². The zero-order chi connectivity index (χ0) is 17.6. The maximum Gasteiger partial charge on any atom is 0.315 e. The van der Waals surface area contributed by atoms with Crippen molar-refractivity contribution in [1.82, 2.24) is 15.6 Å². The lowest BCUT2D eigenvalue weighted by Crippen LogP contribution is -2.43. The molecule has 1 aromatic carbocycles. The first-order valence-corrected chi connectivity index (χ1v) is 9.24.